The molecule has 0 atom stereocenters. The van der Waals surface area contributed by atoms with Crippen molar-refractivity contribution in [2.45, 2.75) is 6.42 Å². The van der Waals surface area contributed by atoms with E-state index in [9.17, 15) is 4.79 Å². The molecule has 0 unspecified atom stereocenters. The molecule has 1 amide bonds. The van der Waals surface area contributed by atoms with E-state index >= 15 is 0 Å². The number of hydrogen-bond acceptors (Lipinski definition) is 5. The van der Waals surface area contributed by atoms with Gasteiger partial charge in [-0.05, 0) is 30.2 Å². The lowest BCUT2D eigenvalue weighted by Gasteiger charge is -2.07. The first kappa shape index (κ1) is 17.1. The Kier molecular flexibility index (Phi) is 5.53. The Bertz CT molecular complexity index is 917. The molecule has 3 rings (SSSR count). The molecule has 1 heterocycles. The number of benzene rings is 2. The molecule has 6 heteroatoms. The van der Waals surface area contributed by atoms with Gasteiger partial charge in [-0.3, -0.25) is 4.79 Å². The van der Waals surface area contributed by atoms with Gasteiger partial charge in [0.25, 0.3) is 5.91 Å². The van der Waals surface area contributed by atoms with Crippen LogP contribution in [0.3, 0.4) is 0 Å². The predicted octanol–water partition coefficient (Wildman–Crippen LogP) is 3.26. The summed E-state index contributed by atoms with van der Waals surface area (Å²) < 4.78 is 0. The molecule has 0 fully saturated rings. The van der Waals surface area contributed by atoms with Crippen molar-refractivity contribution >= 4 is 17.4 Å². The van der Waals surface area contributed by atoms with Crippen molar-refractivity contribution in [3.05, 3.63) is 83.8 Å². The van der Waals surface area contributed by atoms with E-state index in [-0.39, 0.29) is 11.6 Å². The third-order valence-corrected chi connectivity index (χ3v) is 3.70. The molecular weight excluding hydrogens is 326 g/mol. The standard InChI is InChI=1S/C20H17N5O/c21-12-16-7-4-8-17(11-16)25-20(26)18-13-24-19(14-23-18)22-10-9-15-5-2-1-3-6-15/h1-8,11,13-14H,9-10H2,(H,22,24)(H,25,26). The van der Waals surface area contributed by atoms with Crippen LogP contribution in [0.2, 0.25) is 0 Å². The van der Waals surface area contributed by atoms with E-state index in [4.69, 9.17) is 5.26 Å². The van der Waals surface area contributed by atoms with Gasteiger partial charge in [0, 0.05) is 12.2 Å². The monoisotopic (exact) mass is 343 g/mol. The van der Waals surface area contributed by atoms with E-state index in [0.717, 1.165) is 13.0 Å². The highest BCUT2D eigenvalue weighted by Gasteiger charge is 2.09. The minimum Gasteiger partial charge on any atom is -0.368 e. The fourth-order valence-corrected chi connectivity index (χ4v) is 2.38. The van der Waals surface area contributed by atoms with Crippen LogP contribution in [0.15, 0.2) is 67.0 Å². The smallest absolute Gasteiger partial charge is 0.275 e. The van der Waals surface area contributed by atoms with Crippen LogP contribution in [-0.4, -0.2) is 22.4 Å². The van der Waals surface area contributed by atoms with E-state index in [0.29, 0.717) is 17.1 Å². The lowest BCUT2D eigenvalue weighted by molar-refractivity contribution is 0.102. The maximum absolute atomic E-state index is 12.2. The van der Waals surface area contributed by atoms with Crippen LogP contribution in [0.25, 0.3) is 0 Å². The van der Waals surface area contributed by atoms with Crippen LogP contribution < -0.4 is 10.6 Å². The molecule has 0 saturated heterocycles. The number of nitrogens with zero attached hydrogens (tertiary/aromatic N) is 3. The molecule has 0 aliphatic carbocycles. The highest BCUT2D eigenvalue weighted by atomic mass is 16.1. The van der Waals surface area contributed by atoms with Gasteiger partial charge in [-0.15, -0.1) is 0 Å². The van der Waals surface area contributed by atoms with Gasteiger partial charge >= 0.3 is 0 Å². The van der Waals surface area contributed by atoms with Crippen LogP contribution in [0, 0.1) is 11.3 Å². The van der Waals surface area contributed by atoms with Crippen LogP contribution >= 0.6 is 0 Å². The first-order valence-electron chi connectivity index (χ1n) is 8.16. The largest absolute Gasteiger partial charge is 0.368 e. The summed E-state index contributed by atoms with van der Waals surface area (Å²) in [6, 6.07) is 18.9. The molecule has 0 aliphatic rings. The van der Waals surface area contributed by atoms with Crippen LogP contribution in [-0.2, 0) is 6.42 Å². The van der Waals surface area contributed by atoms with Crippen LogP contribution in [0.4, 0.5) is 11.5 Å². The lowest BCUT2D eigenvalue weighted by atomic mass is 10.1. The Balaban J connectivity index is 1.55. The van der Waals surface area contributed by atoms with E-state index < -0.39 is 0 Å². The molecule has 6 nitrogen and oxygen atoms in total. The number of nitrogens with one attached hydrogen (secondary N) is 2. The molecule has 0 aliphatic heterocycles. The molecular formula is C20H17N5O. The summed E-state index contributed by atoms with van der Waals surface area (Å²) in [4.78, 5) is 20.6. The summed E-state index contributed by atoms with van der Waals surface area (Å²) in [6.07, 6.45) is 3.83. The quantitative estimate of drug-likeness (QED) is 0.717. The van der Waals surface area contributed by atoms with Gasteiger partial charge in [-0.1, -0.05) is 36.4 Å². The third-order valence-electron chi connectivity index (χ3n) is 3.70. The molecule has 3 aromatic rings. The fraction of sp³-hybridized carbons (Fsp3) is 0.100. The summed E-state index contributed by atoms with van der Waals surface area (Å²) in [5, 5.41) is 14.8. The highest BCUT2D eigenvalue weighted by Crippen LogP contribution is 2.11. The first-order chi connectivity index (χ1) is 12.7. The van der Waals surface area contributed by atoms with E-state index in [1.807, 2.05) is 24.3 Å². The second kappa shape index (κ2) is 8.40. The molecule has 0 spiro atoms. The average molecular weight is 343 g/mol. The average Bonchev–Trinajstić information content (AvgIpc) is 2.69. The van der Waals surface area contributed by atoms with Gasteiger partial charge < -0.3 is 10.6 Å². The van der Waals surface area contributed by atoms with Gasteiger partial charge in [0.15, 0.2) is 0 Å². The van der Waals surface area contributed by atoms with Crippen molar-refractivity contribution in [3.8, 4) is 6.07 Å². The topological polar surface area (TPSA) is 90.7 Å². The molecule has 26 heavy (non-hydrogen) atoms. The van der Waals surface area contributed by atoms with Crippen molar-refractivity contribution in [1.29, 1.82) is 5.26 Å². The van der Waals surface area contributed by atoms with E-state index in [2.05, 4.69) is 32.7 Å². The van der Waals surface area contributed by atoms with Crippen molar-refractivity contribution in [2.75, 3.05) is 17.2 Å². The minimum absolute atomic E-state index is 0.209. The second-order valence-corrected chi connectivity index (χ2v) is 5.60. The Morgan fingerprint density at radius 3 is 2.62 bits per heavy atom. The molecule has 1 aromatic heterocycles. The minimum atomic E-state index is -0.372. The Labute approximate surface area is 151 Å². The molecule has 0 bridgehead atoms. The first-order valence-corrected chi connectivity index (χ1v) is 8.16. The summed E-state index contributed by atoms with van der Waals surface area (Å²) in [5.41, 5.74) is 2.47. The van der Waals surface area contributed by atoms with Crippen molar-refractivity contribution in [3.63, 3.8) is 0 Å². The Morgan fingerprint density at radius 1 is 1.04 bits per heavy atom. The van der Waals surface area contributed by atoms with E-state index in [1.54, 1.807) is 24.3 Å². The number of amides is 1. The fourth-order valence-electron chi connectivity index (χ4n) is 2.38. The Hall–Kier alpha value is -3.72. The summed E-state index contributed by atoms with van der Waals surface area (Å²) >= 11 is 0. The van der Waals surface area contributed by atoms with Crippen molar-refractivity contribution in [1.82, 2.24) is 9.97 Å². The maximum Gasteiger partial charge on any atom is 0.275 e. The summed E-state index contributed by atoms with van der Waals surface area (Å²) in [7, 11) is 0. The second-order valence-electron chi connectivity index (χ2n) is 5.60. The molecule has 2 N–H and O–H groups in total. The lowest BCUT2D eigenvalue weighted by Crippen LogP contribution is -2.15. The third kappa shape index (κ3) is 4.65. The zero-order valence-corrected chi connectivity index (χ0v) is 14.0. The number of carbonyl (C=O) groups is 1. The van der Waals surface area contributed by atoms with Crippen LogP contribution in [0.1, 0.15) is 21.6 Å². The number of rotatable bonds is 6. The highest BCUT2D eigenvalue weighted by molar-refractivity contribution is 6.02. The zero-order valence-electron chi connectivity index (χ0n) is 14.0. The molecule has 0 saturated carbocycles. The normalized spacial score (nSPS) is 9.96. The van der Waals surface area contributed by atoms with Gasteiger partial charge in [0.05, 0.1) is 24.0 Å². The number of aromatic nitrogens is 2. The van der Waals surface area contributed by atoms with Gasteiger partial charge in [0.2, 0.25) is 0 Å². The summed E-state index contributed by atoms with van der Waals surface area (Å²) in [6.45, 7) is 0.727. The number of anilines is 2. The van der Waals surface area contributed by atoms with Gasteiger partial charge in [-0.25, -0.2) is 9.97 Å². The Morgan fingerprint density at radius 2 is 1.88 bits per heavy atom. The SMILES string of the molecule is N#Cc1cccc(NC(=O)c2cnc(NCCc3ccccc3)cn2)c1. The number of carbonyl (C=O) groups excluding carboxylic acids is 1. The maximum atomic E-state index is 12.2. The van der Waals surface area contributed by atoms with Gasteiger partial charge in [-0.2, -0.15) is 5.26 Å². The molecule has 2 aromatic carbocycles. The molecule has 128 valence electrons. The molecule has 0 radical (unpaired) electrons. The van der Waals surface area contributed by atoms with Crippen molar-refractivity contribution < 1.29 is 4.79 Å². The number of nitriles is 1. The number of hydrogen-bond donors (Lipinski definition) is 2. The van der Waals surface area contributed by atoms with Crippen molar-refractivity contribution in [2.24, 2.45) is 0 Å². The zero-order chi connectivity index (χ0) is 18.2. The van der Waals surface area contributed by atoms with E-state index in [1.165, 1.54) is 18.0 Å². The van der Waals surface area contributed by atoms with Gasteiger partial charge in [0.1, 0.15) is 11.5 Å². The predicted molar refractivity (Wildman–Crippen MR) is 99.8 cm³/mol. The van der Waals surface area contributed by atoms with Crippen LogP contribution in [0.5, 0.6) is 0 Å². The summed E-state index contributed by atoms with van der Waals surface area (Å²) in [5.74, 6) is 0.243.